The van der Waals surface area contributed by atoms with E-state index >= 15 is 0 Å². The van der Waals surface area contributed by atoms with Gasteiger partial charge in [-0.2, -0.15) is 0 Å². The third-order valence-electron chi connectivity index (χ3n) is 3.70. The van der Waals surface area contributed by atoms with Crippen molar-refractivity contribution in [1.29, 1.82) is 0 Å². The van der Waals surface area contributed by atoms with Crippen LogP contribution in [0.25, 0.3) is 0 Å². The summed E-state index contributed by atoms with van der Waals surface area (Å²) in [5.74, 6) is 8.86. The van der Waals surface area contributed by atoms with Gasteiger partial charge in [-0.3, -0.25) is 0 Å². The second kappa shape index (κ2) is 6.19. The van der Waals surface area contributed by atoms with Gasteiger partial charge < -0.3 is 10.3 Å². The first kappa shape index (κ1) is 15.7. The molecular weight excluding hydrogens is 238 g/mol. The van der Waals surface area contributed by atoms with Gasteiger partial charge in [-0.25, -0.2) is 15.8 Å². The third kappa shape index (κ3) is 3.35. The van der Waals surface area contributed by atoms with Crippen molar-refractivity contribution in [2.24, 2.45) is 11.8 Å². The molecule has 1 heterocycles. The molecule has 1 atom stereocenters. The molecule has 1 aromatic heterocycles. The van der Waals surface area contributed by atoms with Crippen molar-refractivity contribution in [2.75, 3.05) is 17.4 Å². The molecule has 0 amide bonds. The molecule has 0 aliphatic heterocycles. The molecule has 1 unspecified atom stereocenters. The molecule has 0 aromatic carbocycles. The molecule has 0 aliphatic rings. The number of rotatable bonds is 5. The van der Waals surface area contributed by atoms with E-state index in [9.17, 15) is 0 Å². The number of hydrogen-bond donors (Lipinski definition) is 2. The second-order valence-corrected chi connectivity index (χ2v) is 5.77. The molecule has 0 spiro atoms. The summed E-state index contributed by atoms with van der Waals surface area (Å²) in [4.78, 5) is 11.4. The van der Waals surface area contributed by atoms with Crippen LogP contribution in [0.3, 0.4) is 0 Å². The van der Waals surface area contributed by atoms with Crippen molar-refractivity contribution in [1.82, 2.24) is 9.97 Å². The number of nitrogens with two attached hydrogens (primary N) is 1. The maximum absolute atomic E-state index is 5.57. The molecule has 19 heavy (non-hydrogen) atoms. The average Bonchev–Trinajstić information content (AvgIpc) is 2.36. The van der Waals surface area contributed by atoms with Crippen LogP contribution in [0, 0.1) is 12.8 Å². The molecule has 108 valence electrons. The van der Waals surface area contributed by atoms with Crippen molar-refractivity contribution in [2.45, 2.75) is 53.5 Å². The first-order chi connectivity index (χ1) is 8.79. The maximum Gasteiger partial charge on any atom is 0.148 e. The van der Waals surface area contributed by atoms with E-state index < -0.39 is 0 Å². The molecule has 0 saturated heterocycles. The fraction of sp³-hybridized carbons (Fsp3) is 0.714. The standard InChI is InChI=1S/C14H27N5/c1-8(2)11(6)19(7)14-10(5)13(18-15)16-12(17-14)9(3)4/h8-9,11H,15H2,1-7H3,(H,16,17,18). The summed E-state index contributed by atoms with van der Waals surface area (Å²) in [6.07, 6.45) is 0. The van der Waals surface area contributed by atoms with E-state index in [1.165, 1.54) is 0 Å². The average molecular weight is 265 g/mol. The normalized spacial score (nSPS) is 12.9. The minimum absolute atomic E-state index is 0.272. The van der Waals surface area contributed by atoms with E-state index in [1.54, 1.807) is 0 Å². The Bertz CT molecular complexity index is 428. The Kier molecular flexibility index (Phi) is 5.11. The Morgan fingerprint density at radius 2 is 1.68 bits per heavy atom. The number of nitrogens with one attached hydrogen (secondary N) is 1. The van der Waals surface area contributed by atoms with Crippen molar-refractivity contribution in [3.05, 3.63) is 11.4 Å². The summed E-state index contributed by atoms with van der Waals surface area (Å²) in [6.45, 7) is 12.8. The van der Waals surface area contributed by atoms with Crippen molar-refractivity contribution < 1.29 is 0 Å². The highest BCUT2D eigenvalue weighted by molar-refractivity contribution is 5.58. The van der Waals surface area contributed by atoms with E-state index in [4.69, 9.17) is 10.8 Å². The minimum atomic E-state index is 0.272. The number of hydrogen-bond acceptors (Lipinski definition) is 5. The predicted molar refractivity (Wildman–Crippen MR) is 81.4 cm³/mol. The van der Waals surface area contributed by atoms with Crippen LogP contribution in [0.1, 0.15) is 51.9 Å². The molecule has 0 bridgehead atoms. The van der Waals surface area contributed by atoms with E-state index in [1.807, 2.05) is 6.92 Å². The quantitative estimate of drug-likeness (QED) is 0.633. The zero-order valence-electron chi connectivity index (χ0n) is 13.2. The SMILES string of the molecule is Cc1c(NN)nc(C(C)C)nc1N(C)C(C)C(C)C. The summed E-state index contributed by atoms with van der Waals surface area (Å²) in [5, 5.41) is 0. The Hall–Kier alpha value is -1.36. The van der Waals surface area contributed by atoms with Gasteiger partial charge in [0.05, 0.1) is 0 Å². The van der Waals surface area contributed by atoms with Crippen LogP contribution in [-0.2, 0) is 0 Å². The molecular formula is C14H27N5. The van der Waals surface area contributed by atoms with Gasteiger partial charge in [0.25, 0.3) is 0 Å². The van der Waals surface area contributed by atoms with Gasteiger partial charge >= 0.3 is 0 Å². The highest BCUT2D eigenvalue weighted by Crippen LogP contribution is 2.27. The summed E-state index contributed by atoms with van der Waals surface area (Å²) >= 11 is 0. The lowest BCUT2D eigenvalue weighted by Gasteiger charge is -2.31. The van der Waals surface area contributed by atoms with Crippen LogP contribution in [0.15, 0.2) is 0 Å². The van der Waals surface area contributed by atoms with E-state index in [0.29, 0.717) is 17.8 Å². The molecule has 1 aromatic rings. The van der Waals surface area contributed by atoms with Crippen LogP contribution < -0.4 is 16.2 Å². The van der Waals surface area contributed by atoms with Gasteiger partial charge in [0.1, 0.15) is 17.5 Å². The first-order valence-electron chi connectivity index (χ1n) is 6.87. The minimum Gasteiger partial charge on any atom is -0.356 e. The highest BCUT2D eigenvalue weighted by atomic mass is 15.3. The molecule has 0 fully saturated rings. The Balaban J connectivity index is 3.29. The Morgan fingerprint density at radius 3 is 2.11 bits per heavy atom. The number of nitrogen functional groups attached to an aromatic ring is 1. The van der Waals surface area contributed by atoms with Gasteiger partial charge in [-0.05, 0) is 19.8 Å². The van der Waals surface area contributed by atoms with E-state index in [0.717, 1.165) is 17.2 Å². The third-order valence-corrected chi connectivity index (χ3v) is 3.70. The number of hydrazine groups is 1. The Labute approximate surface area is 116 Å². The number of aromatic nitrogens is 2. The summed E-state index contributed by atoms with van der Waals surface area (Å²) in [6, 6.07) is 0.402. The number of anilines is 2. The summed E-state index contributed by atoms with van der Waals surface area (Å²) in [5.41, 5.74) is 3.66. The topological polar surface area (TPSA) is 67.1 Å². The lowest BCUT2D eigenvalue weighted by atomic mass is 10.0. The fourth-order valence-corrected chi connectivity index (χ4v) is 1.90. The Morgan fingerprint density at radius 1 is 1.11 bits per heavy atom. The molecule has 5 heteroatoms. The summed E-state index contributed by atoms with van der Waals surface area (Å²) in [7, 11) is 2.07. The van der Waals surface area contributed by atoms with Crippen molar-refractivity contribution >= 4 is 11.6 Å². The van der Waals surface area contributed by atoms with Gasteiger partial charge in [0, 0.05) is 24.6 Å². The summed E-state index contributed by atoms with van der Waals surface area (Å²) < 4.78 is 0. The first-order valence-corrected chi connectivity index (χ1v) is 6.87. The van der Waals surface area contributed by atoms with Crippen LogP contribution in [0.5, 0.6) is 0 Å². The molecule has 0 saturated carbocycles. The van der Waals surface area contributed by atoms with E-state index in [-0.39, 0.29) is 5.92 Å². The second-order valence-electron chi connectivity index (χ2n) is 5.77. The molecule has 1 rings (SSSR count). The largest absolute Gasteiger partial charge is 0.356 e. The maximum atomic E-state index is 5.57. The molecule has 0 aliphatic carbocycles. The van der Waals surface area contributed by atoms with Gasteiger partial charge in [0.2, 0.25) is 0 Å². The fourth-order valence-electron chi connectivity index (χ4n) is 1.90. The van der Waals surface area contributed by atoms with Gasteiger partial charge in [0.15, 0.2) is 0 Å². The lowest BCUT2D eigenvalue weighted by Crippen LogP contribution is -2.35. The molecule has 0 radical (unpaired) electrons. The molecule has 3 N–H and O–H groups in total. The zero-order chi connectivity index (χ0) is 14.7. The number of nitrogens with zero attached hydrogens (tertiary/aromatic N) is 3. The smallest absolute Gasteiger partial charge is 0.148 e. The van der Waals surface area contributed by atoms with E-state index in [2.05, 4.69) is 57.0 Å². The van der Waals surface area contributed by atoms with Crippen LogP contribution in [0.4, 0.5) is 11.6 Å². The van der Waals surface area contributed by atoms with Crippen LogP contribution in [0.2, 0.25) is 0 Å². The van der Waals surface area contributed by atoms with Crippen LogP contribution >= 0.6 is 0 Å². The highest BCUT2D eigenvalue weighted by Gasteiger charge is 2.20. The predicted octanol–water partition coefficient (Wildman–Crippen LogP) is 2.67. The zero-order valence-corrected chi connectivity index (χ0v) is 13.2. The van der Waals surface area contributed by atoms with Crippen molar-refractivity contribution in [3.63, 3.8) is 0 Å². The van der Waals surface area contributed by atoms with Gasteiger partial charge in [-0.15, -0.1) is 0 Å². The lowest BCUT2D eigenvalue weighted by molar-refractivity contribution is 0.501. The van der Waals surface area contributed by atoms with Gasteiger partial charge in [-0.1, -0.05) is 27.7 Å². The monoisotopic (exact) mass is 265 g/mol. The van der Waals surface area contributed by atoms with Crippen LogP contribution in [-0.4, -0.2) is 23.1 Å². The molecule has 5 nitrogen and oxygen atoms in total. The van der Waals surface area contributed by atoms with Crippen molar-refractivity contribution in [3.8, 4) is 0 Å².